The second kappa shape index (κ2) is 6.55. The van der Waals surface area contributed by atoms with E-state index < -0.39 is 12.1 Å². The maximum atomic E-state index is 12.7. The van der Waals surface area contributed by atoms with Crippen molar-refractivity contribution in [1.82, 2.24) is 15.5 Å². The van der Waals surface area contributed by atoms with Crippen LogP contribution in [0.25, 0.3) is 0 Å². The Bertz CT molecular complexity index is 651. The van der Waals surface area contributed by atoms with Crippen molar-refractivity contribution in [2.45, 2.75) is 12.1 Å². The van der Waals surface area contributed by atoms with E-state index in [1.54, 1.807) is 24.3 Å². The lowest BCUT2D eigenvalue weighted by Crippen LogP contribution is -2.57. The number of benzene rings is 1. The zero-order valence-electron chi connectivity index (χ0n) is 12.3. The van der Waals surface area contributed by atoms with Gasteiger partial charge in [-0.15, -0.1) is 0 Å². The molecule has 2 aliphatic rings. The minimum absolute atomic E-state index is 0.0120. The van der Waals surface area contributed by atoms with E-state index in [1.165, 1.54) is 4.90 Å². The van der Waals surface area contributed by atoms with Crippen LogP contribution in [0.3, 0.4) is 0 Å². The van der Waals surface area contributed by atoms with E-state index in [2.05, 4.69) is 10.6 Å². The smallest absolute Gasteiger partial charge is 0.254 e. The molecule has 3 amide bonds. The molecule has 2 saturated heterocycles. The summed E-state index contributed by atoms with van der Waals surface area (Å²) in [5, 5.41) is 5.86. The molecule has 0 aliphatic carbocycles. The third-order valence-corrected chi connectivity index (χ3v) is 4.19. The highest BCUT2D eigenvalue weighted by atomic mass is 35.5. The molecule has 1 aromatic rings. The Labute approximate surface area is 137 Å². The van der Waals surface area contributed by atoms with Crippen molar-refractivity contribution in [3.05, 3.63) is 34.9 Å². The van der Waals surface area contributed by atoms with Gasteiger partial charge in [0.25, 0.3) is 5.91 Å². The maximum absolute atomic E-state index is 12.7. The van der Waals surface area contributed by atoms with Crippen LogP contribution < -0.4 is 10.6 Å². The lowest BCUT2D eigenvalue weighted by molar-refractivity contribution is -0.157. The van der Waals surface area contributed by atoms with Gasteiger partial charge in [0.05, 0.1) is 12.6 Å². The summed E-state index contributed by atoms with van der Waals surface area (Å²) < 4.78 is 5.47. The number of nitrogens with one attached hydrogen (secondary N) is 2. The van der Waals surface area contributed by atoms with Crippen molar-refractivity contribution in [3.8, 4) is 0 Å². The van der Waals surface area contributed by atoms with Crippen LogP contribution in [0.2, 0.25) is 5.02 Å². The van der Waals surface area contributed by atoms with Crippen molar-refractivity contribution in [3.63, 3.8) is 0 Å². The molecular formula is C15H16ClN3O4. The number of rotatable bonds is 2. The minimum atomic E-state index is -0.904. The van der Waals surface area contributed by atoms with E-state index in [1.807, 2.05) is 0 Å². The number of halogens is 1. The Morgan fingerprint density at radius 1 is 1.26 bits per heavy atom. The summed E-state index contributed by atoms with van der Waals surface area (Å²) in [6.45, 7) is 0.604. The molecule has 23 heavy (non-hydrogen) atoms. The first kappa shape index (κ1) is 15.8. The van der Waals surface area contributed by atoms with Gasteiger partial charge in [0.2, 0.25) is 11.8 Å². The second-order valence-corrected chi connectivity index (χ2v) is 5.82. The van der Waals surface area contributed by atoms with Gasteiger partial charge in [0.15, 0.2) is 6.10 Å². The van der Waals surface area contributed by atoms with Crippen LogP contribution in [-0.4, -0.2) is 55.0 Å². The average Bonchev–Trinajstić information content (AvgIpc) is 2.54. The standard InChI is InChI=1S/C15H16ClN3O4/c16-10-4-2-1-3-9(10)13-14(23-8-12(21)18-13)15(22)19-6-5-17-11(20)7-19/h1-4,13-14H,5-8H2,(H,17,20)(H,18,21)/t13-,14+/m1/s1. The summed E-state index contributed by atoms with van der Waals surface area (Å²) in [5.41, 5.74) is 0.613. The fourth-order valence-electron chi connectivity index (χ4n) is 2.74. The van der Waals surface area contributed by atoms with E-state index in [-0.39, 0.29) is 30.9 Å². The fraction of sp³-hybridized carbons (Fsp3) is 0.400. The highest BCUT2D eigenvalue weighted by Gasteiger charge is 2.40. The summed E-state index contributed by atoms with van der Waals surface area (Å²) in [6, 6.07) is 6.29. The Morgan fingerprint density at radius 3 is 2.78 bits per heavy atom. The number of morpholine rings is 1. The quantitative estimate of drug-likeness (QED) is 0.786. The van der Waals surface area contributed by atoms with Gasteiger partial charge in [-0.05, 0) is 11.6 Å². The van der Waals surface area contributed by atoms with Gasteiger partial charge < -0.3 is 20.3 Å². The molecule has 2 atom stereocenters. The first-order chi connectivity index (χ1) is 11.1. The summed E-state index contributed by atoms with van der Waals surface area (Å²) in [4.78, 5) is 37.3. The number of nitrogens with zero attached hydrogens (tertiary/aromatic N) is 1. The second-order valence-electron chi connectivity index (χ2n) is 5.41. The van der Waals surface area contributed by atoms with Crippen LogP contribution in [0.4, 0.5) is 0 Å². The summed E-state index contributed by atoms with van der Waals surface area (Å²) in [7, 11) is 0. The van der Waals surface area contributed by atoms with Crippen LogP contribution in [0.15, 0.2) is 24.3 Å². The zero-order chi connectivity index (χ0) is 16.4. The molecule has 0 aromatic heterocycles. The predicted octanol–water partition coefficient (Wildman–Crippen LogP) is -0.145. The SMILES string of the molecule is O=C1CN(C(=O)[C@H]2OCC(=O)N[C@@H]2c2ccccc2Cl)CCN1. The van der Waals surface area contributed by atoms with Crippen LogP contribution in [0, 0.1) is 0 Å². The van der Waals surface area contributed by atoms with Crippen molar-refractivity contribution in [1.29, 1.82) is 0 Å². The molecule has 0 unspecified atom stereocenters. The van der Waals surface area contributed by atoms with E-state index in [0.29, 0.717) is 23.7 Å². The number of hydrogen-bond donors (Lipinski definition) is 2. The lowest BCUT2D eigenvalue weighted by atomic mass is 9.98. The van der Waals surface area contributed by atoms with Crippen LogP contribution >= 0.6 is 11.6 Å². The van der Waals surface area contributed by atoms with Crippen molar-refractivity contribution < 1.29 is 19.1 Å². The van der Waals surface area contributed by atoms with E-state index in [0.717, 1.165) is 0 Å². The van der Waals surface area contributed by atoms with E-state index in [4.69, 9.17) is 16.3 Å². The zero-order valence-corrected chi connectivity index (χ0v) is 13.0. The van der Waals surface area contributed by atoms with E-state index in [9.17, 15) is 14.4 Å². The summed E-state index contributed by atoms with van der Waals surface area (Å²) in [5.74, 6) is -0.848. The summed E-state index contributed by atoms with van der Waals surface area (Å²) in [6.07, 6.45) is -0.904. The number of hydrogen-bond acceptors (Lipinski definition) is 4. The fourth-order valence-corrected chi connectivity index (χ4v) is 2.99. The topological polar surface area (TPSA) is 87.7 Å². The Balaban J connectivity index is 1.86. The molecule has 122 valence electrons. The van der Waals surface area contributed by atoms with Crippen LogP contribution in [-0.2, 0) is 19.1 Å². The molecule has 2 heterocycles. The van der Waals surface area contributed by atoms with Crippen LogP contribution in [0.1, 0.15) is 11.6 Å². The molecule has 3 rings (SSSR count). The lowest BCUT2D eigenvalue weighted by Gasteiger charge is -2.36. The largest absolute Gasteiger partial charge is 0.356 e. The molecule has 2 aliphatic heterocycles. The molecule has 1 aromatic carbocycles. The number of carbonyl (C=O) groups is 3. The molecule has 0 saturated carbocycles. The van der Waals surface area contributed by atoms with Crippen molar-refractivity contribution in [2.75, 3.05) is 26.2 Å². The van der Waals surface area contributed by atoms with Gasteiger partial charge in [0, 0.05) is 18.1 Å². The minimum Gasteiger partial charge on any atom is -0.356 e. The number of carbonyl (C=O) groups excluding carboxylic acids is 3. The highest BCUT2D eigenvalue weighted by molar-refractivity contribution is 6.31. The summed E-state index contributed by atoms with van der Waals surface area (Å²) >= 11 is 6.19. The van der Waals surface area contributed by atoms with Gasteiger partial charge in [-0.25, -0.2) is 0 Å². The van der Waals surface area contributed by atoms with Gasteiger partial charge in [-0.3, -0.25) is 14.4 Å². The third-order valence-electron chi connectivity index (χ3n) is 3.85. The third kappa shape index (κ3) is 3.30. The Kier molecular flexibility index (Phi) is 4.49. The monoisotopic (exact) mass is 337 g/mol. The molecular weight excluding hydrogens is 322 g/mol. The molecule has 2 N–H and O–H groups in total. The van der Waals surface area contributed by atoms with Crippen molar-refractivity contribution in [2.24, 2.45) is 0 Å². The first-order valence-corrected chi connectivity index (χ1v) is 7.65. The van der Waals surface area contributed by atoms with E-state index >= 15 is 0 Å². The first-order valence-electron chi connectivity index (χ1n) is 7.27. The van der Waals surface area contributed by atoms with Crippen molar-refractivity contribution >= 4 is 29.3 Å². The molecule has 0 bridgehead atoms. The van der Waals surface area contributed by atoms with Gasteiger partial charge in [-0.1, -0.05) is 29.8 Å². The van der Waals surface area contributed by atoms with Gasteiger partial charge in [0.1, 0.15) is 6.61 Å². The number of piperazine rings is 1. The maximum Gasteiger partial charge on any atom is 0.254 e. The predicted molar refractivity (Wildman–Crippen MR) is 81.7 cm³/mol. The molecule has 7 nitrogen and oxygen atoms in total. The molecule has 8 heteroatoms. The molecule has 2 fully saturated rings. The highest BCUT2D eigenvalue weighted by Crippen LogP contribution is 2.29. The Hall–Kier alpha value is -2.12. The molecule has 0 radical (unpaired) electrons. The Morgan fingerprint density at radius 2 is 2.04 bits per heavy atom. The van der Waals surface area contributed by atoms with Crippen LogP contribution in [0.5, 0.6) is 0 Å². The number of amides is 3. The normalized spacial score (nSPS) is 24.8. The molecule has 0 spiro atoms. The van der Waals surface area contributed by atoms with Gasteiger partial charge in [-0.2, -0.15) is 0 Å². The van der Waals surface area contributed by atoms with Gasteiger partial charge >= 0.3 is 0 Å². The average molecular weight is 338 g/mol. The number of ether oxygens (including phenoxy) is 1.